The first-order valence-corrected chi connectivity index (χ1v) is 9.89. The molecule has 0 amide bonds. The zero-order chi connectivity index (χ0) is 20.4. The molecule has 0 saturated carbocycles. The number of nitrogens with one attached hydrogen (secondary N) is 1. The predicted molar refractivity (Wildman–Crippen MR) is 117 cm³/mol. The molecule has 4 rings (SSSR count). The Morgan fingerprint density at radius 1 is 1.38 bits per heavy atom. The van der Waals surface area contributed by atoms with E-state index in [1.807, 2.05) is 55.8 Å². The van der Waals surface area contributed by atoms with Crippen molar-refractivity contribution in [2.24, 2.45) is 0 Å². The first-order valence-electron chi connectivity index (χ1n) is 9.89. The van der Waals surface area contributed by atoms with E-state index in [2.05, 4.69) is 22.0 Å². The van der Waals surface area contributed by atoms with Crippen molar-refractivity contribution in [1.29, 1.82) is 0 Å². The molecule has 3 aromatic rings. The first kappa shape index (κ1) is 19.1. The number of allylic oxidation sites excluding steroid dienone is 2. The van der Waals surface area contributed by atoms with Gasteiger partial charge in [0, 0.05) is 67.4 Å². The van der Waals surface area contributed by atoms with E-state index in [4.69, 9.17) is 10.7 Å². The van der Waals surface area contributed by atoms with Crippen molar-refractivity contribution in [1.82, 2.24) is 29.8 Å². The Balaban J connectivity index is 1.98. The number of pyridine rings is 1. The fraction of sp³-hybridized carbons (Fsp3) is 0.318. The van der Waals surface area contributed by atoms with E-state index in [9.17, 15) is 0 Å². The minimum atomic E-state index is 0.291. The number of fused-ring (bicyclic) bond motifs is 1. The van der Waals surface area contributed by atoms with Crippen molar-refractivity contribution in [2.45, 2.75) is 18.8 Å². The average Bonchev–Trinajstić information content (AvgIpc) is 3.17. The molecular weight excluding hydrogens is 362 g/mol. The van der Waals surface area contributed by atoms with E-state index in [1.165, 1.54) is 0 Å². The summed E-state index contributed by atoms with van der Waals surface area (Å²) < 4.78 is 1.73. The summed E-state index contributed by atoms with van der Waals surface area (Å²) in [4.78, 5) is 11.4. The summed E-state index contributed by atoms with van der Waals surface area (Å²) in [5.74, 6) is 0.877. The molecule has 1 aliphatic rings. The predicted octanol–water partition coefficient (Wildman–Crippen LogP) is 2.93. The van der Waals surface area contributed by atoms with Gasteiger partial charge in [-0.1, -0.05) is 18.7 Å². The van der Waals surface area contributed by atoms with Gasteiger partial charge in [-0.05, 0) is 25.5 Å². The number of hydrogen-bond donors (Lipinski definition) is 2. The Kier molecular flexibility index (Phi) is 5.31. The minimum Gasteiger partial charge on any atom is -0.383 e. The zero-order valence-corrected chi connectivity index (χ0v) is 17.0. The molecule has 1 saturated heterocycles. The van der Waals surface area contributed by atoms with Gasteiger partial charge in [-0.2, -0.15) is 9.61 Å². The third-order valence-electron chi connectivity index (χ3n) is 5.27. The van der Waals surface area contributed by atoms with Crippen molar-refractivity contribution in [3.8, 4) is 11.1 Å². The van der Waals surface area contributed by atoms with E-state index < -0.39 is 0 Å². The second-order valence-corrected chi connectivity index (χ2v) is 7.59. The van der Waals surface area contributed by atoms with Crippen molar-refractivity contribution in [3.63, 3.8) is 0 Å². The highest BCUT2D eigenvalue weighted by Crippen LogP contribution is 2.37. The van der Waals surface area contributed by atoms with Crippen LogP contribution in [0.3, 0.4) is 0 Å². The monoisotopic (exact) mass is 389 g/mol. The molecule has 0 aromatic carbocycles. The molecule has 4 heterocycles. The Morgan fingerprint density at radius 3 is 2.90 bits per heavy atom. The van der Waals surface area contributed by atoms with E-state index in [-0.39, 0.29) is 0 Å². The highest BCUT2D eigenvalue weighted by atomic mass is 15.3. The summed E-state index contributed by atoms with van der Waals surface area (Å²) >= 11 is 0. The Bertz CT molecular complexity index is 1040. The molecule has 1 atom stereocenters. The standard InChI is InChI=1S/C22H27N7/c1-4-15(14-28(2)3)18-13-26-29-21(23)19(16-7-5-9-24-11-16)20(27-22(18)29)17-8-6-10-25-12-17/h4-5,7,9,11,13-14,17,25H,1,6,8,10,12,23H2,2-3H3/b15-14+. The van der Waals surface area contributed by atoms with Crippen molar-refractivity contribution in [2.75, 3.05) is 32.9 Å². The normalized spacial score (nSPS) is 17.4. The number of nitrogens with zero attached hydrogens (tertiary/aromatic N) is 5. The summed E-state index contributed by atoms with van der Waals surface area (Å²) in [5.41, 5.74) is 12.2. The van der Waals surface area contributed by atoms with Gasteiger partial charge in [-0.15, -0.1) is 0 Å². The number of rotatable bonds is 5. The van der Waals surface area contributed by atoms with Gasteiger partial charge < -0.3 is 16.0 Å². The summed E-state index contributed by atoms with van der Waals surface area (Å²) in [6, 6.07) is 3.95. The first-order chi connectivity index (χ1) is 14.1. The van der Waals surface area contributed by atoms with Crippen molar-refractivity contribution >= 4 is 17.0 Å². The molecule has 29 heavy (non-hydrogen) atoms. The van der Waals surface area contributed by atoms with Crippen LogP contribution in [0.5, 0.6) is 0 Å². The Labute approximate surface area is 171 Å². The van der Waals surface area contributed by atoms with Gasteiger partial charge >= 0.3 is 0 Å². The van der Waals surface area contributed by atoms with Gasteiger partial charge in [0.15, 0.2) is 5.65 Å². The summed E-state index contributed by atoms with van der Waals surface area (Å²) in [5, 5.41) is 8.05. The molecule has 0 bridgehead atoms. The van der Waals surface area contributed by atoms with Crippen molar-refractivity contribution in [3.05, 3.63) is 60.8 Å². The van der Waals surface area contributed by atoms with Crippen LogP contribution < -0.4 is 11.1 Å². The van der Waals surface area contributed by atoms with Gasteiger partial charge in [-0.3, -0.25) is 4.98 Å². The smallest absolute Gasteiger partial charge is 0.165 e. The number of anilines is 1. The fourth-order valence-corrected chi connectivity index (χ4v) is 3.93. The summed E-state index contributed by atoms with van der Waals surface area (Å²) in [6.07, 6.45) is 11.4. The molecule has 7 nitrogen and oxygen atoms in total. The molecule has 150 valence electrons. The molecule has 1 fully saturated rings. The molecule has 3 aromatic heterocycles. The van der Waals surface area contributed by atoms with Gasteiger partial charge in [0.05, 0.1) is 11.9 Å². The minimum absolute atomic E-state index is 0.291. The van der Waals surface area contributed by atoms with Crippen LogP contribution in [0.4, 0.5) is 5.82 Å². The molecule has 0 aliphatic carbocycles. The number of hydrogen-bond acceptors (Lipinski definition) is 6. The summed E-state index contributed by atoms with van der Waals surface area (Å²) in [6.45, 7) is 5.90. The molecule has 0 radical (unpaired) electrons. The van der Waals surface area contributed by atoms with Crippen LogP contribution in [-0.2, 0) is 0 Å². The lowest BCUT2D eigenvalue weighted by atomic mass is 9.90. The average molecular weight is 390 g/mol. The van der Waals surface area contributed by atoms with Crippen LogP contribution in [-0.4, -0.2) is 51.7 Å². The largest absolute Gasteiger partial charge is 0.383 e. The molecule has 1 aliphatic heterocycles. The third kappa shape index (κ3) is 3.61. The van der Waals surface area contributed by atoms with E-state index in [1.54, 1.807) is 10.7 Å². The van der Waals surface area contributed by atoms with Crippen LogP contribution in [0.1, 0.15) is 30.0 Å². The second-order valence-electron chi connectivity index (χ2n) is 7.59. The zero-order valence-electron chi connectivity index (χ0n) is 17.0. The number of piperidine rings is 1. The van der Waals surface area contributed by atoms with Crippen LogP contribution in [0.15, 0.2) is 49.6 Å². The van der Waals surface area contributed by atoms with Crippen molar-refractivity contribution < 1.29 is 0 Å². The van der Waals surface area contributed by atoms with E-state index in [0.717, 1.165) is 59.5 Å². The SMILES string of the molecule is C=C/C(=C\N(C)C)c1cnn2c(N)c(-c3cccnc3)c(C3CCCNC3)nc12. The van der Waals surface area contributed by atoms with Crippen LogP contribution in [0.25, 0.3) is 22.3 Å². The van der Waals surface area contributed by atoms with Crippen LogP contribution >= 0.6 is 0 Å². The highest BCUT2D eigenvalue weighted by Gasteiger charge is 2.25. The fourth-order valence-electron chi connectivity index (χ4n) is 3.93. The third-order valence-corrected chi connectivity index (χ3v) is 5.27. The number of nitrogen functional groups attached to an aromatic ring is 1. The highest BCUT2D eigenvalue weighted by molar-refractivity contribution is 5.85. The maximum Gasteiger partial charge on any atom is 0.165 e. The molecule has 3 N–H and O–H groups in total. The van der Waals surface area contributed by atoms with Gasteiger partial charge in [-0.25, -0.2) is 4.98 Å². The molecular formula is C22H27N7. The lowest BCUT2D eigenvalue weighted by Crippen LogP contribution is -2.29. The van der Waals surface area contributed by atoms with Gasteiger partial charge in [0.25, 0.3) is 0 Å². The Morgan fingerprint density at radius 2 is 2.24 bits per heavy atom. The van der Waals surface area contributed by atoms with Crippen LogP contribution in [0.2, 0.25) is 0 Å². The maximum atomic E-state index is 6.67. The van der Waals surface area contributed by atoms with E-state index in [0.29, 0.717) is 11.7 Å². The number of nitrogens with two attached hydrogens (primary N) is 1. The lowest BCUT2D eigenvalue weighted by molar-refractivity contribution is 0.455. The molecule has 1 unspecified atom stereocenters. The summed E-state index contributed by atoms with van der Waals surface area (Å²) in [7, 11) is 3.97. The maximum absolute atomic E-state index is 6.67. The lowest BCUT2D eigenvalue weighted by Gasteiger charge is -2.25. The quantitative estimate of drug-likeness (QED) is 0.653. The van der Waals surface area contributed by atoms with Gasteiger partial charge in [0.1, 0.15) is 5.82 Å². The Hall–Kier alpha value is -3.19. The topological polar surface area (TPSA) is 84.4 Å². The van der Waals surface area contributed by atoms with E-state index >= 15 is 0 Å². The van der Waals surface area contributed by atoms with Crippen LogP contribution in [0, 0.1) is 0 Å². The molecule has 0 spiro atoms. The molecule has 7 heteroatoms. The second kappa shape index (κ2) is 8.05. The number of aromatic nitrogens is 4. The van der Waals surface area contributed by atoms with Gasteiger partial charge in [0.2, 0.25) is 0 Å².